The maximum atomic E-state index is 3.77. The minimum absolute atomic E-state index is 0.376. The molecule has 2 heteroatoms. The summed E-state index contributed by atoms with van der Waals surface area (Å²) in [5, 5.41) is 3.77. The van der Waals surface area contributed by atoms with Crippen LogP contribution in [0.4, 0.5) is 0 Å². The first-order chi connectivity index (χ1) is 5.64. The van der Waals surface area contributed by atoms with E-state index in [0.29, 0.717) is 4.87 Å². The summed E-state index contributed by atoms with van der Waals surface area (Å²) in [7, 11) is 0. The molecule has 0 aromatic heterocycles. The molecule has 0 bridgehead atoms. The number of hydrogen-bond acceptors (Lipinski definition) is 2. The summed E-state index contributed by atoms with van der Waals surface area (Å²) in [6, 6.07) is 0.748. The summed E-state index contributed by atoms with van der Waals surface area (Å²) in [4.78, 5) is 0.376. The monoisotopic (exact) mass is 187 g/mol. The highest BCUT2D eigenvalue weighted by molar-refractivity contribution is 8.00. The average molecular weight is 187 g/mol. The summed E-state index contributed by atoms with van der Waals surface area (Å²) >= 11 is 2.12. The molecule has 1 fully saturated rings. The highest BCUT2D eigenvalue weighted by Crippen LogP contribution is 2.39. The van der Waals surface area contributed by atoms with Gasteiger partial charge in [0.15, 0.2) is 0 Å². The molecule has 0 radical (unpaired) electrons. The first kappa shape index (κ1) is 10.4. The van der Waals surface area contributed by atoms with Gasteiger partial charge in [-0.25, -0.2) is 0 Å². The zero-order valence-electron chi connectivity index (χ0n) is 8.68. The summed E-state index contributed by atoms with van der Waals surface area (Å²) in [5.74, 6) is 2.03. The fourth-order valence-electron chi connectivity index (χ4n) is 1.84. The molecule has 1 heterocycles. The lowest BCUT2D eigenvalue weighted by Gasteiger charge is -2.32. The van der Waals surface area contributed by atoms with Gasteiger partial charge in [0.2, 0.25) is 0 Å². The molecule has 1 nitrogen and oxygen atoms in total. The summed E-state index contributed by atoms with van der Waals surface area (Å²) in [5.41, 5.74) is 0. The predicted octanol–water partition coefficient (Wildman–Crippen LogP) is 2.86. The van der Waals surface area contributed by atoms with Crippen LogP contribution in [0.5, 0.6) is 0 Å². The van der Waals surface area contributed by atoms with Crippen LogP contribution in [0.3, 0.4) is 0 Å². The Kier molecular flexibility index (Phi) is 3.47. The van der Waals surface area contributed by atoms with E-state index in [1.165, 1.54) is 18.6 Å². The molecule has 2 atom stereocenters. The lowest BCUT2D eigenvalue weighted by molar-refractivity contribution is 0.333. The van der Waals surface area contributed by atoms with Crippen LogP contribution in [0.15, 0.2) is 0 Å². The van der Waals surface area contributed by atoms with Gasteiger partial charge in [-0.1, -0.05) is 27.7 Å². The zero-order valence-corrected chi connectivity index (χ0v) is 9.50. The van der Waals surface area contributed by atoms with Gasteiger partial charge in [-0.15, -0.1) is 11.8 Å². The van der Waals surface area contributed by atoms with E-state index in [1.54, 1.807) is 0 Å². The van der Waals surface area contributed by atoms with Crippen LogP contribution in [0, 0.1) is 5.92 Å². The molecule has 1 aliphatic rings. The molecular weight excluding hydrogens is 166 g/mol. The number of hydrogen-bond donors (Lipinski definition) is 1. The molecule has 12 heavy (non-hydrogen) atoms. The van der Waals surface area contributed by atoms with E-state index < -0.39 is 0 Å². The van der Waals surface area contributed by atoms with E-state index in [-0.39, 0.29) is 0 Å². The third-order valence-electron chi connectivity index (χ3n) is 2.94. The number of rotatable bonds is 3. The SMILES string of the molecule is CCC1CSC(CC)(C(C)C)N1. The predicted molar refractivity (Wildman–Crippen MR) is 57.5 cm³/mol. The fourth-order valence-corrected chi connectivity index (χ4v) is 3.45. The van der Waals surface area contributed by atoms with E-state index in [4.69, 9.17) is 0 Å². The maximum absolute atomic E-state index is 3.77. The second-order valence-corrected chi connectivity index (χ2v) is 5.31. The minimum Gasteiger partial charge on any atom is -0.299 e. The Morgan fingerprint density at radius 3 is 2.42 bits per heavy atom. The van der Waals surface area contributed by atoms with Gasteiger partial charge in [0.25, 0.3) is 0 Å². The topological polar surface area (TPSA) is 12.0 Å². The molecule has 2 unspecified atom stereocenters. The van der Waals surface area contributed by atoms with E-state index in [2.05, 4.69) is 44.8 Å². The highest BCUT2D eigenvalue weighted by atomic mass is 32.2. The number of nitrogens with one attached hydrogen (secondary N) is 1. The quantitative estimate of drug-likeness (QED) is 0.729. The van der Waals surface area contributed by atoms with Crippen LogP contribution in [0.2, 0.25) is 0 Å². The Labute approximate surface area is 80.7 Å². The van der Waals surface area contributed by atoms with Gasteiger partial charge in [-0.3, -0.25) is 5.32 Å². The van der Waals surface area contributed by atoms with Crippen molar-refractivity contribution >= 4 is 11.8 Å². The smallest absolute Gasteiger partial charge is 0.0668 e. The molecular formula is C10H21NS. The van der Waals surface area contributed by atoms with Crippen molar-refractivity contribution in [1.29, 1.82) is 0 Å². The van der Waals surface area contributed by atoms with Gasteiger partial charge in [0.1, 0.15) is 0 Å². The normalized spacial score (nSPS) is 36.2. The summed E-state index contributed by atoms with van der Waals surface area (Å²) in [6.45, 7) is 9.20. The molecule has 0 spiro atoms. The van der Waals surface area contributed by atoms with Crippen LogP contribution in [-0.4, -0.2) is 16.7 Å². The van der Waals surface area contributed by atoms with Crippen molar-refractivity contribution in [2.75, 3.05) is 5.75 Å². The molecule has 0 aromatic carbocycles. The Bertz CT molecular complexity index is 147. The van der Waals surface area contributed by atoms with Gasteiger partial charge >= 0.3 is 0 Å². The second kappa shape index (κ2) is 4.01. The minimum atomic E-state index is 0.376. The van der Waals surface area contributed by atoms with Crippen molar-refractivity contribution < 1.29 is 0 Å². The van der Waals surface area contributed by atoms with Crippen LogP contribution in [-0.2, 0) is 0 Å². The fraction of sp³-hybridized carbons (Fsp3) is 1.00. The standard InChI is InChI=1S/C10H21NS/c1-5-9-7-12-10(6-2,11-9)8(3)4/h8-9,11H,5-7H2,1-4H3. The van der Waals surface area contributed by atoms with Crippen molar-refractivity contribution in [3.8, 4) is 0 Å². The molecule has 0 amide bonds. The Morgan fingerprint density at radius 2 is 2.17 bits per heavy atom. The van der Waals surface area contributed by atoms with E-state index in [9.17, 15) is 0 Å². The molecule has 72 valence electrons. The third kappa shape index (κ3) is 1.80. The van der Waals surface area contributed by atoms with Gasteiger partial charge in [-0.05, 0) is 18.8 Å². The molecule has 1 saturated heterocycles. The molecule has 1 rings (SSSR count). The zero-order chi connectivity index (χ0) is 9.19. The van der Waals surface area contributed by atoms with Crippen LogP contribution < -0.4 is 5.32 Å². The first-order valence-electron chi connectivity index (χ1n) is 5.06. The molecule has 1 N–H and O–H groups in total. The van der Waals surface area contributed by atoms with Crippen LogP contribution in [0.25, 0.3) is 0 Å². The molecule has 1 aliphatic heterocycles. The van der Waals surface area contributed by atoms with Gasteiger partial charge in [-0.2, -0.15) is 0 Å². The molecule has 0 saturated carbocycles. The summed E-state index contributed by atoms with van der Waals surface area (Å²) < 4.78 is 0. The highest BCUT2D eigenvalue weighted by Gasteiger charge is 2.39. The van der Waals surface area contributed by atoms with Crippen LogP contribution >= 0.6 is 11.8 Å². The van der Waals surface area contributed by atoms with E-state index in [1.807, 2.05) is 0 Å². The first-order valence-corrected chi connectivity index (χ1v) is 6.04. The Morgan fingerprint density at radius 1 is 1.50 bits per heavy atom. The van der Waals surface area contributed by atoms with Gasteiger partial charge in [0.05, 0.1) is 4.87 Å². The average Bonchev–Trinajstić information content (AvgIpc) is 2.48. The largest absolute Gasteiger partial charge is 0.299 e. The number of thioether (sulfide) groups is 1. The third-order valence-corrected chi connectivity index (χ3v) is 4.90. The van der Waals surface area contributed by atoms with Crippen molar-refractivity contribution in [3.05, 3.63) is 0 Å². The Balaban J connectivity index is 2.59. The van der Waals surface area contributed by atoms with Crippen molar-refractivity contribution in [1.82, 2.24) is 5.32 Å². The van der Waals surface area contributed by atoms with Gasteiger partial charge in [0, 0.05) is 11.8 Å². The van der Waals surface area contributed by atoms with Gasteiger partial charge < -0.3 is 0 Å². The molecule has 0 aliphatic carbocycles. The second-order valence-electron chi connectivity index (χ2n) is 3.96. The van der Waals surface area contributed by atoms with E-state index >= 15 is 0 Å². The van der Waals surface area contributed by atoms with Crippen LogP contribution in [0.1, 0.15) is 40.5 Å². The lowest BCUT2D eigenvalue weighted by Crippen LogP contribution is -2.45. The summed E-state index contributed by atoms with van der Waals surface area (Å²) in [6.07, 6.45) is 2.51. The van der Waals surface area contributed by atoms with Crippen molar-refractivity contribution in [2.45, 2.75) is 51.4 Å². The Hall–Kier alpha value is 0.310. The van der Waals surface area contributed by atoms with Crippen molar-refractivity contribution in [2.24, 2.45) is 5.92 Å². The maximum Gasteiger partial charge on any atom is 0.0668 e. The molecule has 0 aromatic rings. The van der Waals surface area contributed by atoms with Crippen molar-refractivity contribution in [3.63, 3.8) is 0 Å². The van der Waals surface area contributed by atoms with E-state index in [0.717, 1.165) is 12.0 Å². The lowest BCUT2D eigenvalue weighted by atomic mass is 10.00.